The van der Waals surface area contributed by atoms with Crippen molar-refractivity contribution in [3.05, 3.63) is 18.0 Å². The maximum Gasteiger partial charge on any atom is 0.0936 e. The molecule has 0 fully saturated rings. The zero-order valence-electron chi connectivity index (χ0n) is 8.62. The molecule has 0 N–H and O–H groups in total. The van der Waals surface area contributed by atoms with Crippen LogP contribution in [-0.4, -0.2) is 26.8 Å². The Labute approximate surface area is 79.3 Å². The van der Waals surface area contributed by atoms with Gasteiger partial charge in [0.15, 0.2) is 0 Å². The highest BCUT2D eigenvalue weighted by molar-refractivity contribution is 5.03. The van der Waals surface area contributed by atoms with E-state index in [2.05, 4.69) is 41.5 Å². The first kappa shape index (κ1) is 8.75. The molecule has 3 nitrogen and oxygen atoms in total. The molecule has 2 rings (SSSR count). The minimum atomic E-state index is 0.254. The van der Waals surface area contributed by atoms with Crippen LogP contribution in [0.4, 0.5) is 0 Å². The van der Waals surface area contributed by atoms with Gasteiger partial charge in [0.1, 0.15) is 0 Å². The second kappa shape index (κ2) is 2.84. The molecule has 0 saturated carbocycles. The molecule has 13 heavy (non-hydrogen) atoms. The number of hydrogen-bond donors (Lipinski definition) is 0. The average Bonchev–Trinajstić information content (AvgIpc) is 2.47. The van der Waals surface area contributed by atoms with Crippen LogP contribution in [0, 0.1) is 0 Å². The van der Waals surface area contributed by atoms with Crippen molar-refractivity contribution in [3.63, 3.8) is 0 Å². The first-order chi connectivity index (χ1) is 6.07. The second-order valence-electron chi connectivity index (χ2n) is 4.65. The van der Waals surface area contributed by atoms with E-state index in [1.54, 1.807) is 0 Å². The summed E-state index contributed by atoms with van der Waals surface area (Å²) in [6, 6.07) is 2.11. The van der Waals surface area contributed by atoms with Crippen molar-refractivity contribution in [1.82, 2.24) is 14.7 Å². The fourth-order valence-corrected chi connectivity index (χ4v) is 1.73. The summed E-state index contributed by atoms with van der Waals surface area (Å²) in [5.74, 6) is 0. The highest BCUT2D eigenvalue weighted by Crippen LogP contribution is 2.19. The Balaban J connectivity index is 2.18. The fraction of sp³-hybridized carbons (Fsp3) is 0.700. The molecule has 1 aliphatic heterocycles. The zero-order valence-corrected chi connectivity index (χ0v) is 8.62. The highest BCUT2D eigenvalue weighted by Gasteiger charge is 2.25. The summed E-state index contributed by atoms with van der Waals surface area (Å²) in [6.07, 6.45) is 3.01. The number of nitrogens with zero attached hydrogens (tertiary/aromatic N) is 3. The Morgan fingerprint density at radius 3 is 2.85 bits per heavy atom. The number of rotatable bonds is 0. The molecule has 1 aromatic heterocycles. The highest BCUT2D eigenvalue weighted by atomic mass is 15.4. The van der Waals surface area contributed by atoms with Crippen LogP contribution in [0.3, 0.4) is 0 Å². The summed E-state index contributed by atoms with van der Waals surface area (Å²) < 4.78 is 2.09. The second-order valence-corrected chi connectivity index (χ2v) is 4.65. The van der Waals surface area contributed by atoms with Gasteiger partial charge in [0.2, 0.25) is 0 Å². The molecule has 0 saturated heterocycles. The van der Waals surface area contributed by atoms with Crippen molar-refractivity contribution < 1.29 is 0 Å². The molecule has 0 radical (unpaired) electrons. The van der Waals surface area contributed by atoms with Gasteiger partial charge in [-0.15, -0.1) is 0 Å². The topological polar surface area (TPSA) is 21.1 Å². The van der Waals surface area contributed by atoms with E-state index in [-0.39, 0.29) is 5.54 Å². The van der Waals surface area contributed by atoms with Crippen LogP contribution >= 0.6 is 0 Å². The molecule has 0 bridgehead atoms. The Morgan fingerprint density at radius 1 is 1.38 bits per heavy atom. The van der Waals surface area contributed by atoms with Gasteiger partial charge in [-0.1, -0.05) is 0 Å². The van der Waals surface area contributed by atoms with E-state index in [9.17, 15) is 0 Å². The molecule has 2 heterocycles. The third kappa shape index (κ3) is 1.61. The van der Waals surface area contributed by atoms with Gasteiger partial charge in [0.05, 0.1) is 6.67 Å². The molecule has 3 heteroatoms. The van der Waals surface area contributed by atoms with Crippen LogP contribution in [0.2, 0.25) is 0 Å². The molecule has 1 aliphatic rings. The van der Waals surface area contributed by atoms with E-state index in [0.717, 1.165) is 19.6 Å². The Bertz CT molecular complexity index is 295. The minimum Gasteiger partial charge on any atom is -0.279 e. The largest absolute Gasteiger partial charge is 0.279 e. The van der Waals surface area contributed by atoms with Crippen LogP contribution in [0.15, 0.2) is 12.3 Å². The predicted octanol–water partition coefficient (Wildman–Crippen LogP) is 1.50. The summed E-state index contributed by atoms with van der Waals surface area (Å²) in [7, 11) is 0. The van der Waals surface area contributed by atoms with Gasteiger partial charge in [-0.3, -0.25) is 9.58 Å². The summed E-state index contributed by atoms with van der Waals surface area (Å²) in [6.45, 7) is 8.84. The molecule has 0 aliphatic carbocycles. The summed E-state index contributed by atoms with van der Waals surface area (Å²) in [5.41, 5.74) is 1.62. The van der Waals surface area contributed by atoms with Gasteiger partial charge in [0, 0.05) is 30.4 Å². The Hall–Kier alpha value is -0.830. The molecule has 0 amide bonds. The lowest BCUT2D eigenvalue weighted by Gasteiger charge is -2.38. The number of fused-ring (bicyclic) bond motifs is 1. The van der Waals surface area contributed by atoms with E-state index in [1.165, 1.54) is 5.69 Å². The minimum absolute atomic E-state index is 0.254. The first-order valence-corrected chi connectivity index (χ1v) is 4.83. The molecule has 0 atom stereocenters. The van der Waals surface area contributed by atoms with Crippen LogP contribution in [0.5, 0.6) is 0 Å². The normalized spacial score (nSPS) is 18.7. The average molecular weight is 179 g/mol. The summed E-state index contributed by atoms with van der Waals surface area (Å²) in [4.78, 5) is 2.45. The molecule has 0 spiro atoms. The van der Waals surface area contributed by atoms with Gasteiger partial charge in [0.25, 0.3) is 0 Å². The predicted molar refractivity (Wildman–Crippen MR) is 52.4 cm³/mol. The van der Waals surface area contributed by atoms with E-state index in [1.807, 2.05) is 6.20 Å². The van der Waals surface area contributed by atoms with Gasteiger partial charge < -0.3 is 0 Å². The van der Waals surface area contributed by atoms with Crippen molar-refractivity contribution in [2.24, 2.45) is 0 Å². The van der Waals surface area contributed by atoms with Crippen LogP contribution < -0.4 is 0 Å². The van der Waals surface area contributed by atoms with Crippen molar-refractivity contribution in [1.29, 1.82) is 0 Å². The molecular formula is C10H17N3. The van der Waals surface area contributed by atoms with Crippen molar-refractivity contribution >= 4 is 0 Å². The van der Waals surface area contributed by atoms with Crippen LogP contribution in [-0.2, 0) is 13.1 Å². The maximum absolute atomic E-state index is 4.30. The number of aromatic nitrogens is 2. The lowest BCUT2D eigenvalue weighted by atomic mass is 10.1. The lowest BCUT2D eigenvalue weighted by Crippen LogP contribution is -2.46. The van der Waals surface area contributed by atoms with Gasteiger partial charge in [-0.25, -0.2) is 0 Å². The molecular weight excluding hydrogens is 162 g/mol. The molecule has 1 aromatic rings. The van der Waals surface area contributed by atoms with Crippen LogP contribution in [0.25, 0.3) is 0 Å². The smallest absolute Gasteiger partial charge is 0.0936 e. The molecule has 72 valence electrons. The van der Waals surface area contributed by atoms with E-state index >= 15 is 0 Å². The summed E-state index contributed by atoms with van der Waals surface area (Å²) in [5, 5.41) is 4.30. The van der Waals surface area contributed by atoms with Gasteiger partial charge in [-0.05, 0) is 26.8 Å². The maximum atomic E-state index is 4.30. The van der Waals surface area contributed by atoms with E-state index < -0.39 is 0 Å². The lowest BCUT2D eigenvalue weighted by molar-refractivity contribution is 0.0757. The van der Waals surface area contributed by atoms with Crippen LogP contribution in [0.1, 0.15) is 26.5 Å². The molecule has 0 unspecified atom stereocenters. The van der Waals surface area contributed by atoms with Crippen molar-refractivity contribution in [3.8, 4) is 0 Å². The third-order valence-electron chi connectivity index (χ3n) is 2.70. The molecule has 0 aromatic carbocycles. The number of hydrogen-bond acceptors (Lipinski definition) is 2. The Morgan fingerprint density at radius 2 is 2.15 bits per heavy atom. The fourth-order valence-electron chi connectivity index (χ4n) is 1.73. The SMILES string of the molecule is CC(C)(C)N1CCc2ccnn2C1. The third-order valence-corrected chi connectivity index (χ3v) is 2.70. The first-order valence-electron chi connectivity index (χ1n) is 4.83. The summed E-state index contributed by atoms with van der Waals surface area (Å²) >= 11 is 0. The quantitative estimate of drug-likeness (QED) is 0.601. The Kier molecular flexibility index (Phi) is 1.91. The monoisotopic (exact) mass is 179 g/mol. The zero-order chi connectivity index (χ0) is 9.47. The van der Waals surface area contributed by atoms with E-state index in [0.29, 0.717) is 0 Å². The van der Waals surface area contributed by atoms with Crippen molar-refractivity contribution in [2.75, 3.05) is 6.54 Å². The van der Waals surface area contributed by atoms with Crippen molar-refractivity contribution in [2.45, 2.75) is 39.4 Å². The van der Waals surface area contributed by atoms with Gasteiger partial charge >= 0.3 is 0 Å². The van der Waals surface area contributed by atoms with E-state index in [4.69, 9.17) is 0 Å². The van der Waals surface area contributed by atoms with Gasteiger partial charge in [-0.2, -0.15) is 5.10 Å². The standard InChI is InChI=1S/C10H17N3/c1-10(2,3)12-7-5-9-4-6-11-13(9)8-12/h4,6H,5,7-8H2,1-3H3.